The fourth-order valence-electron chi connectivity index (χ4n) is 3.06. The van der Waals surface area contributed by atoms with Gasteiger partial charge < -0.3 is 10.6 Å². The highest BCUT2D eigenvalue weighted by atomic mass is 19.1. The van der Waals surface area contributed by atoms with E-state index in [1.807, 2.05) is 12.1 Å². The number of rotatable bonds is 7. The molecule has 1 heterocycles. The van der Waals surface area contributed by atoms with Crippen LogP contribution in [-0.4, -0.2) is 24.0 Å². The Kier molecular flexibility index (Phi) is 5.76. The molecule has 2 aromatic carbocycles. The van der Waals surface area contributed by atoms with Crippen LogP contribution in [0.3, 0.4) is 0 Å². The third-order valence-electron chi connectivity index (χ3n) is 4.33. The van der Waals surface area contributed by atoms with Gasteiger partial charge in [-0.25, -0.2) is 8.78 Å². The number of nitrogens with two attached hydrogens (primary N) is 1. The van der Waals surface area contributed by atoms with Gasteiger partial charge in [-0.15, -0.1) is 0 Å². The Morgan fingerprint density at radius 1 is 1.00 bits per heavy atom. The quantitative estimate of drug-likeness (QED) is 0.695. The van der Waals surface area contributed by atoms with E-state index in [1.165, 1.54) is 18.2 Å². The Morgan fingerprint density at radius 2 is 1.67 bits per heavy atom. The normalized spacial score (nSPS) is 11.8. The predicted molar refractivity (Wildman–Crippen MR) is 100 cm³/mol. The average molecular weight is 367 g/mol. The van der Waals surface area contributed by atoms with Crippen molar-refractivity contribution < 1.29 is 13.6 Å². The summed E-state index contributed by atoms with van der Waals surface area (Å²) >= 11 is 0. The summed E-state index contributed by atoms with van der Waals surface area (Å²) in [5, 5.41) is 0. The van der Waals surface area contributed by atoms with E-state index in [1.54, 1.807) is 47.6 Å². The van der Waals surface area contributed by atoms with E-state index in [0.717, 1.165) is 5.56 Å². The minimum Gasteiger partial charge on any atom is -0.368 e. The summed E-state index contributed by atoms with van der Waals surface area (Å²) in [5.41, 5.74) is 7.39. The highest BCUT2D eigenvalue weighted by molar-refractivity contribution is 5.79. The predicted octanol–water partition coefficient (Wildman–Crippen LogP) is 3.48. The second-order valence-electron chi connectivity index (χ2n) is 6.18. The maximum atomic E-state index is 14.5. The average Bonchev–Trinajstić information content (AvgIpc) is 2.67. The van der Waals surface area contributed by atoms with E-state index >= 15 is 0 Å². The van der Waals surface area contributed by atoms with Gasteiger partial charge >= 0.3 is 0 Å². The number of aromatic nitrogens is 1. The van der Waals surface area contributed by atoms with Crippen molar-refractivity contribution in [2.75, 3.05) is 18.0 Å². The van der Waals surface area contributed by atoms with Crippen LogP contribution in [0.25, 0.3) is 0 Å². The van der Waals surface area contributed by atoms with Crippen LogP contribution in [0.4, 0.5) is 14.5 Å². The molecule has 0 fully saturated rings. The molecule has 0 saturated carbocycles. The molecule has 27 heavy (non-hydrogen) atoms. The minimum absolute atomic E-state index is 0.0678. The van der Waals surface area contributed by atoms with E-state index in [4.69, 9.17) is 5.73 Å². The maximum Gasteiger partial charge on any atom is 0.236 e. The van der Waals surface area contributed by atoms with Crippen LogP contribution < -0.4 is 10.6 Å². The van der Waals surface area contributed by atoms with Gasteiger partial charge in [0.25, 0.3) is 0 Å². The summed E-state index contributed by atoms with van der Waals surface area (Å²) in [6.07, 6.45) is 3.28. The van der Waals surface area contributed by atoms with E-state index in [0.29, 0.717) is 17.8 Å². The molecule has 0 radical (unpaired) electrons. The molecular weight excluding hydrogens is 348 g/mol. The molecule has 0 spiro atoms. The zero-order valence-electron chi connectivity index (χ0n) is 14.6. The number of hydrogen-bond donors (Lipinski definition) is 1. The van der Waals surface area contributed by atoms with Gasteiger partial charge in [0, 0.05) is 30.5 Å². The molecule has 1 amide bonds. The zero-order chi connectivity index (χ0) is 19.2. The number of carbonyl (C=O) groups excluding carboxylic acids is 1. The number of primary amides is 1. The summed E-state index contributed by atoms with van der Waals surface area (Å²) in [6.45, 7) is 0.223. The Hall–Kier alpha value is -3.28. The molecule has 3 rings (SSSR count). The van der Waals surface area contributed by atoms with Crippen molar-refractivity contribution in [3.63, 3.8) is 0 Å². The minimum atomic E-state index is -0.527. The maximum absolute atomic E-state index is 14.5. The highest BCUT2D eigenvalue weighted by Crippen LogP contribution is 2.29. The van der Waals surface area contributed by atoms with Crippen LogP contribution in [0.2, 0.25) is 0 Å². The van der Waals surface area contributed by atoms with Crippen molar-refractivity contribution in [2.45, 2.75) is 5.92 Å². The molecular formula is C21H19F2N3O. The number of halogens is 2. The molecule has 6 heteroatoms. The van der Waals surface area contributed by atoms with Crippen LogP contribution in [0.1, 0.15) is 17.0 Å². The Balaban J connectivity index is 2.01. The molecule has 138 valence electrons. The smallest absolute Gasteiger partial charge is 0.236 e. The van der Waals surface area contributed by atoms with Crippen molar-refractivity contribution in [3.8, 4) is 0 Å². The lowest BCUT2D eigenvalue weighted by molar-refractivity contribution is -0.116. The van der Waals surface area contributed by atoms with Crippen LogP contribution >= 0.6 is 0 Å². The molecule has 0 bridgehead atoms. The van der Waals surface area contributed by atoms with Gasteiger partial charge in [-0.05, 0) is 53.6 Å². The number of pyridine rings is 1. The Bertz CT molecular complexity index is 901. The number of nitrogens with zero attached hydrogens (tertiary/aromatic N) is 2. The summed E-state index contributed by atoms with van der Waals surface area (Å²) in [7, 11) is 0. The number of benzene rings is 2. The number of carbonyl (C=O) groups is 1. The monoisotopic (exact) mass is 367 g/mol. The SMILES string of the molecule is NC(=O)CN(CC(c1ccncc1)c1ccccc1F)c1ccc(F)cc1. The number of hydrogen-bond acceptors (Lipinski definition) is 3. The topological polar surface area (TPSA) is 59.2 Å². The van der Waals surface area contributed by atoms with Gasteiger partial charge in [-0.1, -0.05) is 18.2 Å². The summed E-state index contributed by atoms with van der Waals surface area (Å²) in [4.78, 5) is 17.3. The first kappa shape index (κ1) is 18.5. The molecule has 2 N–H and O–H groups in total. The first-order valence-corrected chi connectivity index (χ1v) is 8.48. The van der Waals surface area contributed by atoms with Gasteiger partial charge in [-0.3, -0.25) is 9.78 Å². The molecule has 0 aliphatic rings. The molecule has 0 aliphatic heterocycles. The second-order valence-corrected chi connectivity index (χ2v) is 6.18. The van der Waals surface area contributed by atoms with Crippen LogP contribution in [-0.2, 0) is 4.79 Å². The first-order valence-electron chi connectivity index (χ1n) is 8.48. The number of anilines is 1. The Labute approximate surface area is 156 Å². The molecule has 1 aromatic heterocycles. The van der Waals surface area contributed by atoms with Gasteiger partial charge in [-0.2, -0.15) is 0 Å². The zero-order valence-corrected chi connectivity index (χ0v) is 14.6. The molecule has 4 nitrogen and oxygen atoms in total. The van der Waals surface area contributed by atoms with Crippen molar-refractivity contribution in [1.29, 1.82) is 0 Å². The standard InChI is InChI=1S/C21H19F2N3O/c22-16-5-7-17(8-6-16)26(14-21(24)27)13-19(15-9-11-25-12-10-15)18-3-1-2-4-20(18)23/h1-12,19H,13-14H2,(H2,24,27). The lowest BCUT2D eigenvalue weighted by Crippen LogP contribution is -2.37. The van der Waals surface area contributed by atoms with Crippen molar-refractivity contribution in [1.82, 2.24) is 4.98 Å². The molecule has 1 unspecified atom stereocenters. The summed E-state index contributed by atoms with van der Waals surface area (Å²) in [6, 6.07) is 15.9. The van der Waals surface area contributed by atoms with E-state index in [9.17, 15) is 13.6 Å². The fraction of sp³-hybridized carbons (Fsp3) is 0.143. The van der Waals surface area contributed by atoms with Gasteiger partial charge in [0.15, 0.2) is 0 Å². The van der Waals surface area contributed by atoms with Crippen molar-refractivity contribution in [2.24, 2.45) is 5.73 Å². The van der Waals surface area contributed by atoms with Crippen molar-refractivity contribution in [3.05, 3.63) is 95.8 Å². The molecule has 1 atom stereocenters. The van der Waals surface area contributed by atoms with Gasteiger partial charge in [0.1, 0.15) is 11.6 Å². The fourth-order valence-corrected chi connectivity index (χ4v) is 3.06. The summed E-state index contributed by atoms with van der Waals surface area (Å²) in [5.74, 6) is -1.60. The molecule has 3 aromatic rings. The van der Waals surface area contributed by atoms with E-state index < -0.39 is 5.91 Å². The lowest BCUT2D eigenvalue weighted by atomic mass is 9.90. The van der Waals surface area contributed by atoms with Crippen LogP contribution in [0, 0.1) is 11.6 Å². The third-order valence-corrected chi connectivity index (χ3v) is 4.33. The summed E-state index contributed by atoms with van der Waals surface area (Å²) < 4.78 is 27.8. The van der Waals surface area contributed by atoms with Crippen LogP contribution in [0.15, 0.2) is 73.1 Å². The van der Waals surface area contributed by atoms with Crippen LogP contribution in [0.5, 0.6) is 0 Å². The molecule has 0 aliphatic carbocycles. The largest absolute Gasteiger partial charge is 0.368 e. The van der Waals surface area contributed by atoms with E-state index in [-0.39, 0.29) is 24.1 Å². The Morgan fingerprint density at radius 3 is 2.30 bits per heavy atom. The third kappa shape index (κ3) is 4.67. The number of amides is 1. The first-order chi connectivity index (χ1) is 13.0. The van der Waals surface area contributed by atoms with Crippen molar-refractivity contribution >= 4 is 11.6 Å². The van der Waals surface area contributed by atoms with Gasteiger partial charge in [0.05, 0.1) is 6.54 Å². The molecule has 0 saturated heterocycles. The van der Waals surface area contributed by atoms with Gasteiger partial charge in [0.2, 0.25) is 5.91 Å². The lowest BCUT2D eigenvalue weighted by Gasteiger charge is -2.29. The van der Waals surface area contributed by atoms with E-state index in [2.05, 4.69) is 4.98 Å². The highest BCUT2D eigenvalue weighted by Gasteiger charge is 2.22. The second kappa shape index (κ2) is 8.40.